The molecule has 0 radical (unpaired) electrons. The van der Waals surface area contributed by atoms with E-state index in [1.807, 2.05) is 13.0 Å². The summed E-state index contributed by atoms with van der Waals surface area (Å²) in [5, 5.41) is 3.97. The Kier molecular flexibility index (Phi) is 3.13. The first kappa shape index (κ1) is 11.4. The van der Waals surface area contributed by atoms with Crippen molar-refractivity contribution in [3.8, 4) is 0 Å². The molecule has 0 aromatic carbocycles. The standard InChI is InChI=1S/C8H7Cl2N5S/c1-3-2-4(16-15-3)12-7-5(11)6(9)13-8(10)14-7/h2H,11H2,1H3,(H,12,13,14). The molecule has 0 saturated carbocycles. The Morgan fingerprint density at radius 1 is 1.38 bits per heavy atom. The quantitative estimate of drug-likeness (QED) is 0.651. The first-order chi connectivity index (χ1) is 7.56. The summed E-state index contributed by atoms with van der Waals surface area (Å²) in [4.78, 5) is 7.67. The van der Waals surface area contributed by atoms with Gasteiger partial charge >= 0.3 is 0 Å². The van der Waals surface area contributed by atoms with Crippen LogP contribution in [0, 0.1) is 6.92 Å². The molecule has 0 aliphatic rings. The number of nitrogen functional groups attached to an aromatic ring is 1. The summed E-state index contributed by atoms with van der Waals surface area (Å²) in [5.41, 5.74) is 6.89. The van der Waals surface area contributed by atoms with Crippen LogP contribution in [-0.2, 0) is 0 Å². The van der Waals surface area contributed by atoms with Gasteiger partial charge in [0.15, 0.2) is 11.0 Å². The van der Waals surface area contributed by atoms with Crippen molar-refractivity contribution < 1.29 is 0 Å². The van der Waals surface area contributed by atoms with Gasteiger partial charge in [0.2, 0.25) is 5.28 Å². The van der Waals surface area contributed by atoms with E-state index in [0.717, 1.165) is 10.7 Å². The first-order valence-electron chi connectivity index (χ1n) is 4.25. The SMILES string of the molecule is Cc1cc(Nc2nc(Cl)nc(Cl)c2N)sn1. The molecule has 0 spiro atoms. The normalized spacial score (nSPS) is 10.4. The van der Waals surface area contributed by atoms with Crippen LogP contribution >= 0.6 is 34.7 Å². The van der Waals surface area contributed by atoms with Crippen molar-refractivity contribution in [2.24, 2.45) is 0 Å². The second kappa shape index (κ2) is 4.40. The van der Waals surface area contributed by atoms with E-state index in [1.165, 1.54) is 11.5 Å². The molecule has 0 unspecified atom stereocenters. The van der Waals surface area contributed by atoms with Gasteiger partial charge in [-0.2, -0.15) is 9.36 Å². The van der Waals surface area contributed by atoms with E-state index >= 15 is 0 Å². The van der Waals surface area contributed by atoms with Crippen molar-refractivity contribution in [1.29, 1.82) is 0 Å². The summed E-state index contributed by atoms with van der Waals surface area (Å²) in [7, 11) is 0. The third-order valence-corrected chi connectivity index (χ3v) is 2.99. The number of nitrogens with two attached hydrogens (primary N) is 1. The minimum Gasteiger partial charge on any atom is -0.393 e. The summed E-state index contributed by atoms with van der Waals surface area (Å²) < 4.78 is 4.12. The molecule has 0 aliphatic heterocycles. The number of nitrogens with one attached hydrogen (secondary N) is 1. The van der Waals surface area contributed by atoms with Crippen LogP contribution in [0.3, 0.4) is 0 Å². The van der Waals surface area contributed by atoms with E-state index in [0.29, 0.717) is 5.82 Å². The molecule has 84 valence electrons. The molecule has 0 atom stereocenters. The van der Waals surface area contributed by atoms with Gasteiger partial charge in [0.05, 0.1) is 5.69 Å². The van der Waals surface area contributed by atoms with Crippen LogP contribution in [0.2, 0.25) is 10.4 Å². The molecule has 2 aromatic rings. The average molecular weight is 276 g/mol. The molecular formula is C8H7Cl2N5S. The van der Waals surface area contributed by atoms with Crippen LogP contribution in [0.5, 0.6) is 0 Å². The largest absolute Gasteiger partial charge is 0.393 e. The highest BCUT2D eigenvalue weighted by atomic mass is 35.5. The Balaban J connectivity index is 2.34. The Labute approximate surface area is 106 Å². The van der Waals surface area contributed by atoms with Crippen LogP contribution in [0.15, 0.2) is 6.07 Å². The van der Waals surface area contributed by atoms with Crippen LogP contribution in [0.4, 0.5) is 16.5 Å². The number of hydrogen-bond acceptors (Lipinski definition) is 6. The smallest absolute Gasteiger partial charge is 0.225 e. The van der Waals surface area contributed by atoms with E-state index in [4.69, 9.17) is 28.9 Å². The zero-order chi connectivity index (χ0) is 11.7. The molecular weight excluding hydrogens is 269 g/mol. The maximum Gasteiger partial charge on any atom is 0.225 e. The van der Waals surface area contributed by atoms with Gasteiger partial charge < -0.3 is 11.1 Å². The molecule has 5 nitrogen and oxygen atoms in total. The molecule has 2 heterocycles. The van der Waals surface area contributed by atoms with Crippen molar-refractivity contribution in [3.05, 3.63) is 22.2 Å². The Morgan fingerprint density at radius 2 is 2.12 bits per heavy atom. The van der Waals surface area contributed by atoms with Gasteiger partial charge in [0.25, 0.3) is 0 Å². The monoisotopic (exact) mass is 275 g/mol. The van der Waals surface area contributed by atoms with E-state index in [-0.39, 0.29) is 16.1 Å². The van der Waals surface area contributed by atoms with Crippen molar-refractivity contribution in [2.45, 2.75) is 6.92 Å². The molecule has 0 bridgehead atoms. The number of anilines is 3. The number of rotatable bonds is 2. The van der Waals surface area contributed by atoms with Gasteiger partial charge in [-0.05, 0) is 36.1 Å². The number of halogens is 2. The third kappa shape index (κ3) is 2.34. The highest BCUT2D eigenvalue weighted by molar-refractivity contribution is 7.10. The summed E-state index contributed by atoms with van der Waals surface area (Å²) >= 11 is 12.8. The zero-order valence-electron chi connectivity index (χ0n) is 8.16. The van der Waals surface area contributed by atoms with Gasteiger partial charge in [0, 0.05) is 0 Å². The van der Waals surface area contributed by atoms with Gasteiger partial charge in [-0.15, -0.1) is 0 Å². The lowest BCUT2D eigenvalue weighted by molar-refractivity contribution is 1.17. The second-order valence-electron chi connectivity index (χ2n) is 3.00. The average Bonchev–Trinajstić information content (AvgIpc) is 2.60. The van der Waals surface area contributed by atoms with Crippen LogP contribution in [0.25, 0.3) is 0 Å². The topological polar surface area (TPSA) is 76.7 Å². The highest BCUT2D eigenvalue weighted by Gasteiger charge is 2.10. The fourth-order valence-corrected chi connectivity index (χ4v) is 2.09. The zero-order valence-corrected chi connectivity index (χ0v) is 10.5. The van der Waals surface area contributed by atoms with Crippen molar-refractivity contribution in [3.63, 3.8) is 0 Å². The number of aromatic nitrogens is 3. The number of aryl methyl sites for hydroxylation is 1. The Hall–Kier alpha value is -1.11. The molecule has 16 heavy (non-hydrogen) atoms. The lowest BCUT2D eigenvalue weighted by Gasteiger charge is -2.06. The Bertz CT molecular complexity index is 527. The summed E-state index contributed by atoms with van der Waals surface area (Å²) in [6.45, 7) is 1.89. The van der Waals surface area contributed by atoms with Gasteiger partial charge in [0.1, 0.15) is 10.7 Å². The van der Waals surface area contributed by atoms with Gasteiger partial charge in [-0.1, -0.05) is 11.6 Å². The maximum absolute atomic E-state index is 5.78. The van der Waals surface area contributed by atoms with E-state index in [1.54, 1.807) is 0 Å². The van der Waals surface area contributed by atoms with E-state index < -0.39 is 0 Å². The van der Waals surface area contributed by atoms with Crippen molar-refractivity contribution >= 4 is 51.2 Å². The Morgan fingerprint density at radius 3 is 2.75 bits per heavy atom. The number of nitrogens with zero attached hydrogens (tertiary/aromatic N) is 3. The fraction of sp³-hybridized carbons (Fsp3) is 0.125. The second-order valence-corrected chi connectivity index (χ2v) is 4.50. The van der Waals surface area contributed by atoms with Crippen molar-refractivity contribution in [1.82, 2.24) is 14.3 Å². The minimum atomic E-state index is 0.0444. The highest BCUT2D eigenvalue weighted by Crippen LogP contribution is 2.29. The molecule has 2 aromatic heterocycles. The van der Waals surface area contributed by atoms with Gasteiger partial charge in [-0.25, -0.2) is 4.98 Å². The third-order valence-electron chi connectivity index (χ3n) is 1.74. The predicted molar refractivity (Wildman–Crippen MR) is 66.6 cm³/mol. The lowest BCUT2D eigenvalue weighted by atomic mass is 10.4. The van der Waals surface area contributed by atoms with E-state index in [2.05, 4.69) is 19.7 Å². The summed E-state index contributed by atoms with van der Waals surface area (Å²) in [5.74, 6) is 0.383. The molecule has 0 fully saturated rings. The number of hydrogen-bond donors (Lipinski definition) is 2. The lowest BCUT2D eigenvalue weighted by Crippen LogP contribution is -2.01. The molecule has 0 saturated heterocycles. The van der Waals surface area contributed by atoms with Crippen LogP contribution in [0.1, 0.15) is 5.69 Å². The molecule has 8 heteroatoms. The van der Waals surface area contributed by atoms with E-state index in [9.17, 15) is 0 Å². The maximum atomic E-state index is 5.78. The predicted octanol–water partition coefficient (Wildman–Crippen LogP) is 2.87. The summed E-state index contributed by atoms with van der Waals surface area (Å²) in [6, 6.07) is 1.87. The molecule has 3 N–H and O–H groups in total. The minimum absolute atomic E-state index is 0.0444. The molecule has 2 rings (SSSR count). The van der Waals surface area contributed by atoms with Crippen LogP contribution < -0.4 is 11.1 Å². The van der Waals surface area contributed by atoms with Crippen molar-refractivity contribution in [2.75, 3.05) is 11.1 Å². The molecule has 0 amide bonds. The molecule has 0 aliphatic carbocycles. The fourth-order valence-electron chi connectivity index (χ4n) is 1.05. The van der Waals surface area contributed by atoms with Crippen LogP contribution in [-0.4, -0.2) is 14.3 Å². The first-order valence-corrected chi connectivity index (χ1v) is 5.78. The summed E-state index contributed by atoms with van der Waals surface area (Å²) in [6.07, 6.45) is 0. The van der Waals surface area contributed by atoms with Gasteiger partial charge in [-0.3, -0.25) is 0 Å².